The number of halogens is 1. The number of benzene rings is 1. The van der Waals surface area contributed by atoms with Gasteiger partial charge in [0.05, 0.1) is 23.3 Å². The molecular formula is C12H11FN2O4. The van der Waals surface area contributed by atoms with E-state index in [4.69, 9.17) is 9.26 Å². The smallest absolute Gasteiger partial charge is 0.311 e. The molecule has 0 saturated carbocycles. The molecule has 19 heavy (non-hydrogen) atoms. The first-order chi connectivity index (χ1) is 8.95. The number of ether oxygens (including phenoxy) is 1. The van der Waals surface area contributed by atoms with Crippen LogP contribution in [0.2, 0.25) is 0 Å². The molecule has 0 radical (unpaired) electrons. The molecule has 0 fully saturated rings. The number of nitro benzene ring substituents is 1. The molecule has 0 aliphatic rings. The Morgan fingerprint density at radius 3 is 2.58 bits per heavy atom. The first-order valence-corrected chi connectivity index (χ1v) is 5.41. The zero-order valence-corrected chi connectivity index (χ0v) is 10.6. The maximum Gasteiger partial charge on any atom is 0.311 e. The monoisotopic (exact) mass is 266 g/mol. The van der Waals surface area contributed by atoms with Crippen molar-refractivity contribution >= 4 is 5.69 Å². The van der Waals surface area contributed by atoms with Crippen molar-refractivity contribution in [3.63, 3.8) is 0 Å². The van der Waals surface area contributed by atoms with E-state index < -0.39 is 10.7 Å². The summed E-state index contributed by atoms with van der Waals surface area (Å²) in [7, 11) is 1.25. The molecular weight excluding hydrogens is 255 g/mol. The van der Waals surface area contributed by atoms with Crippen molar-refractivity contribution in [2.75, 3.05) is 7.11 Å². The summed E-state index contributed by atoms with van der Waals surface area (Å²) in [4.78, 5) is 10.3. The van der Waals surface area contributed by atoms with Gasteiger partial charge in [-0.15, -0.1) is 0 Å². The number of aromatic nitrogens is 1. The van der Waals surface area contributed by atoms with Crippen LogP contribution in [0.1, 0.15) is 11.5 Å². The van der Waals surface area contributed by atoms with Gasteiger partial charge in [-0.25, -0.2) is 4.39 Å². The summed E-state index contributed by atoms with van der Waals surface area (Å²) in [6.07, 6.45) is 0. The number of rotatable bonds is 3. The first-order valence-electron chi connectivity index (χ1n) is 5.41. The highest BCUT2D eigenvalue weighted by Gasteiger charge is 2.23. The van der Waals surface area contributed by atoms with Crippen LogP contribution in [0.4, 0.5) is 10.1 Å². The third-order valence-electron chi connectivity index (χ3n) is 2.77. The summed E-state index contributed by atoms with van der Waals surface area (Å²) in [6.45, 7) is 3.26. The Labute approximate surface area is 107 Å². The predicted octanol–water partition coefficient (Wildman–Crippen LogP) is 3.01. The Morgan fingerprint density at radius 1 is 1.42 bits per heavy atom. The molecule has 0 aliphatic carbocycles. The third kappa shape index (κ3) is 2.14. The summed E-state index contributed by atoms with van der Waals surface area (Å²) in [6, 6.07) is 2.11. The van der Waals surface area contributed by atoms with Crippen LogP contribution in [-0.4, -0.2) is 17.2 Å². The molecule has 0 atom stereocenters. The normalized spacial score (nSPS) is 10.5. The third-order valence-corrected chi connectivity index (χ3v) is 2.77. The topological polar surface area (TPSA) is 78.4 Å². The van der Waals surface area contributed by atoms with Gasteiger partial charge in [0.25, 0.3) is 0 Å². The predicted molar refractivity (Wildman–Crippen MR) is 64.6 cm³/mol. The Morgan fingerprint density at radius 2 is 2.11 bits per heavy atom. The molecule has 0 N–H and O–H groups in total. The second kappa shape index (κ2) is 4.68. The van der Waals surface area contributed by atoms with Crippen LogP contribution in [0.25, 0.3) is 11.1 Å². The molecule has 1 aromatic carbocycles. The SMILES string of the molecule is COc1cc(F)c(-c2c(C)noc2C)cc1[N+](=O)[O-]. The highest BCUT2D eigenvalue weighted by atomic mass is 19.1. The molecule has 0 spiro atoms. The van der Waals surface area contributed by atoms with Crippen molar-refractivity contribution in [2.45, 2.75) is 13.8 Å². The van der Waals surface area contributed by atoms with Crippen molar-refractivity contribution in [2.24, 2.45) is 0 Å². The van der Waals surface area contributed by atoms with Gasteiger partial charge in [-0.2, -0.15) is 0 Å². The Hall–Kier alpha value is -2.44. The molecule has 0 amide bonds. The number of nitro groups is 1. The van der Waals surface area contributed by atoms with Gasteiger partial charge in [-0.3, -0.25) is 10.1 Å². The Balaban J connectivity index is 2.72. The van der Waals surface area contributed by atoms with E-state index in [1.807, 2.05) is 0 Å². The molecule has 0 saturated heterocycles. The van der Waals surface area contributed by atoms with Gasteiger partial charge in [0.1, 0.15) is 11.6 Å². The maximum atomic E-state index is 14.0. The van der Waals surface area contributed by atoms with Crippen molar-refractivity contribution in [1.82, 2.24) is 5.16 Å². The number of hydrogen-bond donors (Lipinski definition) is 0. The van der Waals surface area contributed by atoms with Crippen molar-refractivity contribution in [3.8, 4) is 16.9 Å². The number of aryl methyl sites for hydroxylation is 2. The summed E-state index contributed by atoms with van der Waals surface area (Å²) >= 11 is 0. The van der Waals surface area contributed by atoms with Gasteiger partial charge in [0.15, 0.2) is 5.75 Å². The lowest BCUT2D eigenvalue weighted by Crippen LogP contribution is -1.97. The van der Waals surface area contributed by atoms with Crippen LogP contribution in [-0.2, 0) is 0 Å². The minimum atomic E-state index is -0.628. The van der Waals surface area contributed by atoms with Crippen LogP contribution in [0, 0.1) is 29.8 Å². The van der Waals surface area contributed by atoms with E-state index in [1.165, 1.54) is 7.11 Å². The summed E-state index contributed by atoms with van der Waals surface area (Å²) in [5.41, 5.74) is 0.654. The molecule has 100 valence electrons. The second-order valence-corrected chi connectivity index (χ2v) is 3.96. The van der Waals surface area contributed by atoms with E-state index in [0.29, 0.717) is 17.0 Å². The largest absolute Gasteiger partial charge is 0.490 e. The lowest BCUT2D eigenvalue weighted by molar-refractivity contribution is -0.385. The molecule has 0 bridgehead atoms. The van der Waals surface area contributed by atoms with Crippen LogP contribution in [0.5, 0.6) is 5.75 Å². The molecule has 0 unspecified atom stereocenters. The number of nitrogens with zero attached hydrogens (tertiary/aromatic N) is 2. The first kappa shape index (κ1) is 13.0. The molecule has 6 nitrogen and oxygen atoms in total. The number of methoxy groups -OCH3 is 1. The molecule has 2 rings (SSSR count). The van der Waals surface area contributed by atoms with Crippen LogP contribution < -0.4 is 4.74 Å². The summed E-state index contributed by atoms with van der Waals surface area (Å²) < 4.78 is 23.8. The molecule has 1 heterocycles. The van der Waals surface area contributed by atoms with Gasteiger partial charge < -0.3 is 9.26 Å². The quantitative estimate of drug-likeness (QED) is 0.630. The molecule has 0 aliphatic heterocycles. The molecule has 2 aromatic rings. The van der Waals surface area contributed by atoms with Gasteiger partial charge >= 0.3 is 5.69 Å². The lowest BCUT2D eigenvalue weighted by atomic mass is 10.0. The highest BCUT2D eigenvalue weighted by molar-refractivity contribution is 5.72. The van der Waals surface area contributed by atoms with Gasteiger partial charge in [-0.05, 0) is 13.8 Å². The number of hydrogen-bond acceptors (Lipinski definition) is 5. The fourth-order valence-electron chi connectivity index (χ4n) is 1.91. The molecule has 1 aromatic heterocycles. The Bertz CT molecular complexity index is 632. The van der Waals surface area contributed by atoms with E-state index in [2.05, 4.69) is 5.16 Å². The summed E-state index contributed by atoms with van der Waals surface area (Å²) in [5, 5.41) is 14.7. The average molecular weight is 266 g/mol. The zero-order valence-electron chi connectivity index (χ0n) is 10.6. The highest BCUT2D eigenvalue weighted by Crippen LogP contribution is 2.37. The van der Waals surface area contributed by atoms with E-state index in [1.54, 1.807) is 13.8 Å². The van der Waals surface area contributed by atoms with Crippen LogP contribution in [0.3, 0.4) is 0 Å². The average Bonchev–Trinajstić information content (AvgIpc) is 2.69. The fourth-order valence-corrected chi connectivity index (χ4v) is 1.91. The van der Waals surface area contributed by atoms with Gasteiger partial charge in [0, 0.05) is 17.7 Å². The molecule has 7 heteroatoms. The van der Waals surface area contributed by atoms with E-state index in [9.17, 15) is 14.5 Å². The van der Waals surface area contributed by atoms with Crippen molar-refractivity contribution in [3.05, 3.63) is 39.5 Å². The minimum Gasteiger partial charge on any atom is -0.490 e. The van der Waals surface area contributed by atoms with E-state index >= 15 is 0 Å². The van der Waals surface area contributed by atoms with Gasteiger partial charge in [0.2, 0.25) is 0 Å². The fraction of sp³-hybridized carbons (Fsp3) is 0.250. The zero-order chi connectivity index (χ0) is 14.2. The van der Waals surface area contributed by atoms with Crippen molar-refractivity contribution < 1.29 is 18.6 Å². The standard InChI is InChI=1S/C12H11FN2O4/c1-6-12(7(2)19-14-6)8-4-10(15(16)17)11(18-3)5-9(8)13/h4-5H,1-3H3. The van der Waals surface area contributed by atoms with E-state index in [-0.39, 0.29) is 17.0 Å². The van der Waals surface area contributed by atoms with Gasteiger partial charge in [-0.1, -0.05) is 5.16 Å². The van der Waals surface area contributed by atoms with Crippen LogP contribution >= 0.6 is 0 Å². The van der Waals surface area contributed by atoms with Crippen LogP contribution in [0.15, 0.2) is 16.7 Å². The second-order valence-electron chi connectivity index (χ2n) is 3.96. The van der Waals surface area contributed by atoms with E-state index in [0.717, 1.165) is 12.1 Å². The van der Waals surface area contributed by atoms with Crippen molar-refractivity contribution in [1.29, 1.82) is 0 Å². The summed E-state index contributed by atoms with van der Waals surface area (Å²) in [5.74, 6) is -0.356. The lowest BCUT2D eigenvalue weighted by Gasteiger charge is -2.06. The maximum absolute atomic E-state index is 14.0. The Kier molecular flexibility index (Phi) is 3.20. The minimum absolute atomic E-state index is 0.0729.